The molecule has 1 aromatic carbocycles. The number of aryl methyl sites for hydroxylation is 1. The highest BCUT2D eigenvalue weighted by molar-refractivity contribution is 6.36. The predicted molar refractivity (Wildman–Crippen MR) is 71.6 cm³/mol. The monoisotopic (exact) mass is 271 g/mol. The van der Waals surface area contributed by atoms with E-state index < -0.39 is 0 Å². The van der Waals surface area contributed by atoms with Gasteiger partial charge >= 0.3 is 0 Å². The lowest BCUT2D eigenvalue weighted by atomic mass is 9.88. The second-order valence-corrected chi connectivity index (χ2v) is 4.91. The van der Waals surface area contributed by atoms with Crippen molar-refractivity contribution in [3.05, 3.63) is 39.9 Å². The van der Waals surface area contributed by atoms with E-state index in [9.17, 15) is 0 Å². The molecule has 1 aliphatic carbocycles. The Hall–Kier alpha value is -0.700. The molecule has 0 saturated carbocycles. The van der Waals surface area contributed by atoms with E-state index in [-0.39, 0.29) is 6.04 Å². The molecule has 0 saturated heterocycles. The van der Waals surface area contributed by atoms with Crippen molar-refractivity contribution in [2.75, 3.05) is 6.61 Å². The summed E-state index contributed by atoms with van der Waals surface area (Å²) >= 11 is 11.2. The lowest BCUT2D eigenvalue weighted by Gasteiger charge is -2.22. The van der Waals surface area contributed by atoms with Crippen molar-refractivity contribution >= 4 is 23.2 Å². The van der Waals surface area contributed by atoms with E-state index in [1.165, 1.54) is 16.7 Å². The van der Waals surface area contributed by atoms with Crippen molar-refractivity contribution < 1.29 is 4.74 Å². The zero-order valence-electron chi connectivity index (χ0n) is 9.46. The van der Waals surface area contributed by atoms with Crippen LogP contribution in [0, 0.1) is 0 Å². The summed E-state index contributed by atoms with van der Waals surface area (Å²) in [6.07, 6.45) is 3.31. The Morgan fingerprint density at radius 3 is 3.12 bits per heavy atom. The molecule has 0 amide bonds. The summed E-state index contributed by atoms with van der Waals surface area (Å²) in [6.45, 7) is 0.291. The molecule has 1 aromatic rings. The van der Waals surface area contributed by atoms with Gasteiger partial charge in [0.2, 0.25) is 0 Å². The van der Waals surface area contributed by atoms with Gasteiger partial charge in [0.15, 0.2) is 0 Å². The van der Waals surface area contributed by atoms with Gasteiger partial charge in [-0.25, -0.2) is 0 Å². The van der Waals surface area contributed by atoms with Gasteiger partial charge in [0.25, 0.3) is 0 Å². The van der Waals surface area contributed by atoms with Crippen LogP contribution >= 0.6 is 23.2 Å². The van der Waals surface area contributed by atoms with Crippen molar-refractivity contribution in [3.63, 3.8) is 0 Å². The average Bonchev–Trinajstić information content (AvgIpc) is 2.36. The molecule has 1 aliphatic rings. The van der Waals surface area contributed by atoms with Gasteiger partial charge in [0.05, 0.1) is 5.03 Å². The SMILES string of the molecule is N[C@@H]1CCCc2ccc(OC/C(Cl)=C/Cl)cc21. The molecule has 0 radical (unpaired) electrons. The summed E-state index contributed by atoms with van der Waals surface area (Å²) in [6, 6.07) is 6.18. The van der Waals surface area contributed by atoms with Crippen molar-refractivity contribution in [3.8, 4) is 5.75 Å². The molecule has 0 bridgehead atoms. The van der Waals surface area contributed by atoms with E-state index in [0.29, 0.717) is 11.6 Å². The van der Waals surface area contributed by atoms with Gasteiger partial charge in [-0.1, -0.05) is 29.3 Å². The Morgan fingerprint density at radius 2 is 2.35 bits per heavy atom. The third-order valence-electron chi connectivity index (χ3n) is 2.97. The van der Waals surface area contributed by atoms with Gasteiger partial charge in [0, 0.05) is 11.6 Å². The molecule has 0 spiro atoms. The number of nitrogens with two attached hydrogens (primary N) is 1. The first-order valence-electron chi connectivity index (χ1n) is 5.66. The maximum absolute atomic E-state index is 6.08. The van der Waals surface area contributed by atoms with Crippen molar-refractivity contribution in [1.29, 1.82) is 0 Å². The normalized spacial score (nSPS) is 19.9. The highest BCUT2D eigenvalue weighted by Crippen LogP contribution is 2.31. The zero-order valence-corrected chi connectivity index (χ0v) is 11.0. The number of benzene rings is 1. The van der Waals surface area contributed by atoms with E-state index >= 15 is 0 Å². The second-order valence-electron chi connectivity index (χ2n) is 4.20. The van der Waals surface area contributed by atoms with Crippen LogP contribution in [0.1, 0.15) is 30.0 Å². The molecule has 0 fully saturated rings. The first-order chi connectivity index (χ1) is 8.20. The maximum Gasteiger partial charge on any atom is 0.125 e. The van der Waals surface area contributed by atoms with E-state index in [2.05, 4.69) is 6.07 Å². The topological polar surface area (TPSA) is 35.2 Å². The van der Waals surface area contributed by atoms with Crippen LogP contribution in [0.25, 0.3) is 0 Å². The summed E-state index contributed by atoms with van der Waals surface area (Å²) in [5.74, 6) is 0.790. The maximum atomic E-state index is 6.08. The number of ether oxygens (including phenoxy) is 1. The summed E-state index contributed by atoms with van der Waals surface area (Å²) in [5, 5.41) is 0.480. The van der Waals surface area contributed by atoms with Crippen LogP contribution in [0.3, 0.4) is 0 Å². The summed E-state index contributed by atoms with van der Waals surface area (Å²) in [7, 11) is 0. The van der Waals surface area contributed by atoms with Crippen LogP contribution in [0.15, 0.2) is 28.8 Å². The Balaban J connectivity index is 2.12. The van der Waals surface area contributed by atoms with E-state index in [1.807, 2.05) is 12.1 Å². The molecule has 0 aromatic heterocycles. The molecule has 2 nitrogen and oxygen atoms in total. The minimum atomic E-state index is 0.126. The van der Waals surface area contributed by atoms with E-state index in [4.69, 9.17) is 33.7 Å². The molecule has 2 rings (SSSR count). The Kier molecular flexibility index (Phi) is 4.32. The first kappa shape index (κ1) is 12.7. The Labute approximate surface area is 111 Å². The molecule has 2 N–H and O–H groups in total. The van der Waals surface area contributed by atoms with Gasteiger partial charge in [-0.3, -0.25) is 0 Å². The molecular weight excluding hydrogens is 257 g/mol. The summed E-state index contributed by atoms with van der Waals surface area (Å²) in [5.41, 5.74) is 9.92. The van der Waals surface area contributed by atoms with Crippen molar-refractivity contribution in [2.45, 2.75) is 25.3 Å². The lowest BCUT2D eigenvalue weighted by molar-refractivity contribution is 0.358. The van der Waals surface area contributed by atoms with Gasteiger partial charge in [-0.2, -0.15) is 0 Å². The number of hydrogen-bond donors (Lipinski definition) is 1. The van der Waals surface area contributed by atoms with E-state index in [1.54, 1.807) is 0 Å². The molecule has 4 heteroatoms. The lowest BCUT2D eigenvalue weighted by Crippen LogP contribution is -2.17. The second kappa shape index (κ2) is 5.76. The van der Waals surface area contributed by atoms with Crippen molar-refractivity contribution in [2.24, 2.45) is 5.73 Å². The average molecular weight is 272 g/mol. The fourth-order valence-corrected chi connectivity index (χ4v) is 2.20. The highest BCUT2D eigenvalue weighted by atomic mass is 35.5. The molecular formula is C13H15Cl2NO. The summed E-state index contributed by atoms with van der Waals surface area (Å²) in [4.78, 5) is 0. The van der Waals surface area contributed by atoms with Gasteiger partial charge in [-0.15, -0.1) is 0 Å². The molecule has 1 atom stereocenters. The van der Waals surface area contributed by atoms with Gasteiger partial charge in [0.1, 0.15) is 12.4 Å². The van der Waals surface area contributed by atoms with E-state index in [0.717, 1.165) is 25.0 Å². The molecule has 0 aliphatic heterocycles. The van der Waals surface area contributed by atoms with Crippen LogP contribution in [0.4, 0.5) is 0 Å². The highest BCUT2D eigenvalue weighted by Gasteiger charge is 2.17. The van der Waals surface area contributed by atoms with Crippen LogP contribution in [0.5, 0.6) is 5.75 Å². The van der Waals surface area contributed by atoms with Crippen LogP contribution < -0.4 is 10.5 Å². The van der Waals surface area contributed by atoms with Crippen LogP contribution in [-0.4, -0.2) is 6.61 Å². The Morgan fingerprint density at radius 1 is 1.53 bits per heavy atom. The van der Waals surface area contributed by atoms with Crippen LogP contribution in [-0.2, 0) is 6.42 Å². The van der Waals surface area contributed by atoms with Crippen molar-refractivity contribution in [1.82, 2.24) is 0 Å². The van der Waals surface area contributed by atoms with Crippen LogP contribution in [0.2, 0.25) is 0 Å². The Bertz CT molecular complexity index is 431. The molecule has 92 valence electrons. The number of rotatable bonds is 3. The largest absolute Gasteiger partial charge is 0.488 e. The summed E-state index contributed by atoms with van der Waals surface area (Å²) < 4.78 is 5.53. The minimum absolute atomic E-state index is 0.126. The fourth-order valence-electron chi connectivity index (χ4n) is 2.09. The minimum Gasteiger partial charge on any atom is -0.488 e. The smallest absolute Gasteiger partial charge is 0.125 e. The molecule has 0 unspecified atom stereocenters. The fraction of sp³-hybridized carbons (Fsp3) is 0.385. The number of fused-ring (bicyclic) bond motifs is 1. The third kappa shape index (κ3) is 3.15. The first-order valence-corrected chi connectivity index (χ1v) is 6.48. The van der Waals surface area contributed by atoms with Gasteiger partial charge < -0.3 is 10.5 Å². The predicted octanol–water partition coefficient (Wildman–Crippen LogP) is 3.72. The number of hydrogen-bond acceptors (Lipinski definition) is 2. The standard InChI is InChI=1S/C13H15Cl2NO/c14-7-10(15)8-17-11-5-4-9-2-1-3-13(16)12(9)6-11/h4-7,13H,1-3,8,16H2/b10-7-/t13-/m1/s1. The molecule has 0 heterocycles. The quantitative estimate of drug-likeness (QED) is 0.910. The van der Waals surface area contributed by atoms with Gasteiger partial charge in [-0.05, 0) is 42.5 Å². The molecule has 17 heavy (non-hydrogen) atoms. The third-order valence-corrected chi connectivity index (χ3v) is 3.57. The number of halogens is 2. The zero-order chi connectivity index (χ0) is 12.3.